The van der Waals surface area contributed by atoms with Gasteiger partial charge in [0, 0.05) is 11.0 Å². The van der Waals surface area contributed by atoms with Gasteiger partial charge in [-0.05, 0) is 70.9 Å². The summed E-state index contributed by atoms with van der Waals surface area (Å²) >= 11 is 0. The number of benzene rings is 3. The molecule has 3 heteroatoms. The zero-order chi connectivity index (χ0) is 20.4. The lowest BCUT2D eigenvalue weighted by Crippen LogP contribution is -2.42. The second-order valence-corrected chi connectivity index (χ2v) is 11.3. The van der Waals surface area contributed by atoms with Gasteiger partial charge in [0.15, 0.2) is 5.25 Å². The van der Waals surface area contributed by atoms with Gasteiger partial charge in [0.2, 0.25) is 5.78 Å². The van der Waals surface area contributed by atoms with Crippen LogP contribution in [0, 0.1) is 5.41 Å². The molecule has 0 radical (unpaired) electrons. The normalized spacial score (nSPS) is 16.1. The number of hydrogen-bond donors (Lipinski definition) is 0. The van der Waals surface area contributed by atoms with E-state index >= 15 is 0 Å². The average molecular weight is 406 g/mol. The van der Waals surface area contributed by atoms with Gasteiger partial charge in [-0.3, -0.25) is 4.79 Å². The molecular formula is C26H29O2S+. The van der Waals surface area contributed by atoms with Crippen molar-refractivity contribution in [3.8, 4) is 11.5 Å². The maximum atomic E-state index is 13.4. The molecule has 4 rings (SSSR count). The smallest absolute Gasteiger partial charge is 0.215 e. The molecule has 0 bridgehead atoms. The van der Waals surface area contributed by atoms with Crippen LogP contribution in [-0.2, 0) is 10.9 Å². The Bertz CT molecular complexity index is 995. The molecule has 1 heterocycles. The standard InChI is InChI=1S/C26H29O2S/c1-26(2,3)25(29-16-6-7-17-29)24(27)20-11-13-22(14-12-20)28-23-15-10-19-8-4-5-9-21(19)18-23/h4-5,8-15,18,25H,6-7,16-17H2,1-3H3/q+1. The van der Waals surface area contributed by atoms with Gasteiger partial charge in [-0.2, -0.15) is 0 Å². The summed E-state index contributed by atoms with van der Waals surface area (Å²) in [7, 11) is 0.204. The molecule has 2 nitrogen and oxygen atoms in total. The van der Waals surface area contributed by atoms with Crippen LogP contribution in [0.2, 0.25) is 0 Å². The first kappa shape index (κ1) is 20.0. The number of ether oxygens (including phenoxy) is 1. The lowest BCUT2D eigenvalue weighted by molar-refractivity contribution is 0.0949. The second-order valence-electron chi connectivity index (χ2n) is 8.90. The molecule has 1 aliphatic heterocycles. The predicted molar refractivity (Wildman–Crippen MR) is 124 cm³/mol. The maximum absolute atomic E-state index is 13.4. The molecule has 0 spiro atoms. The summed E-state index contributed by atoms with van der Waals surface area (Å²) in [5, 5.41) is 2.46. The predicted octanol–water partition coefficient (Wildman–Crippen LogP) is 6.64. The Morgan fingerprint density at radius 1 is 0.862 bits per heavy atom. The summed E-state index contributed by atoms with van der Waals surface area (Å²) in [6.07, 6.45) is 2.53. The summed E-state index contributed by atoms with van der Waals surface area (Å²) in [6, 6.07) is 22.0. The van der Waals surface area contributed by atoms with Crippen molar-refractivity contribution in [2.24, 2.45) is 5.41 Å². The van der Waals surface area contributed by atoms with Crippen molar-refractivity contribution in [3.05, 3.63) is 72.3 Å². The Morgan fingerprint density at radius 3 is 2.14 bits per heavy atom. The number of fused-ring (bicyclic) bond motifs is 1. The van der Waals surface area contributed by atoms with Gasteiger partial charge in [0.05, 0.1) is 0 Å². The molecule has 150 valence electrons. The molecule has 1 fully saturated rings. The SMILES string of the molecule is CC(C)(C)C(C(=O)c1ccc(Oc2ccc3ccccc3c2)cc1)[S+]1CCCC1. The minimum atomic E-state index is -0.00913. The minimum Gasteiger partial charge on any atom is -0.457 e. The Kier molecular flexibility index (Phi) is 5.69. The van der Waals surface area contributed by atoms with Crippen molar-refractivity contribution in [2.75, 3.05) is 11.5 Å². The van der Waals surface area contributed by atoms with Crippen LogP contribution >= 0.6 is 0 Å². The van der Waals surface area contributed by atoms with E-state index in [-0.39, 0.29) is 21.6 Å². The lowest BCUT2D eigenvalue weighted by Gasteiger charge is -2.27. The molecule has 3 aromatic rings. The van der Waals surface area contributed by atoms with E-state index in [1.807, 2.05) is 48.5 Å². The summed E-state index contributed by atoms with van der Waals surface area (Å²) in [5.74, 6) is 4.27. The minimum absolute atomic E-state index is 0.00913. The van der Waals surface area contributed by atoms with E-state index in [2.05, 4.69) is 39.0 Å². The third-order valence-corrected chi connectivity index (χ3v) is 8.73. The van der Waals surface area contributed by atoms with Crippen LogP contribution in [0.3, 0.4) is 0 Å². The highest BCUT2D eigenvalue weighted by Crippen LogP contribution is 2.34. The molecule has 29 heavy (non-hydrogen) atoms. The van der Waals surface area contributed by atoms with Gasteiger partial charge in [-0.15, -0.1) is 0 Å². The summed E-state index contributed by atoms with van der Waals surface area (Å²) in [5.41, 5.74) is 0.792. The summed E-state index contributed by atoms with van der Waals surface area (Å²) in [4.78, 5) is 13.4. The van der Waals surface area contributed by atoms with E-state index in [1.54, 1.807) is 0 Å². The van der Waals surface area contributed by atoms with Gasteiger partial charge in [0.1, 0.15) is 23.0 Å². The zero-order valence-corrected chi connectivity index (χ0v) is 18.3. The first-order valence-electron chi connectivity index (χ1n) is 10.4. The van der Waals surface area contributed by atoms with Crippen LogP contribution in [0.15, 0.2) is 66.7 Å². The van der Waals surface area contributed by atoms with Crippen LogP contribution in [-0.4, -0.2) is 22.5 Å². The van der Waals surface area contributed by atoms with Gasteiger partial charge in [-0.1, -0.05) is 51.1 Å². The molecule has 0 aromatic heterocycles. The first-order valence-corrected chi connectivity index (χ1v) is 12.0. The Hall–Kier alpha value is -2.26. The fraction of sp³-hybridized carbons (Fsp3) is 0.346. The van der Waals surface area contributed by atoms with Crippen LogP contribution in [0.5, 0.6) is 11.5 Å². The van der Waals surface area contributed by atoms with E-state index in [0.717, 1.165) is 22.4 Å². The number of hydrogen-bond acceptors (Lipinski definition) is 2. The van der Waals surface area contributed by atoms with Crippen LogP contribution in [0.1, 0.15) is 44.0 Å². The van der Waals surface area contributed by atoms with E-state index < -0.39 is 0 Å². The molecule has 1 atom stereocenters. The highest BCUT2D eigenvalue weighted by Gasteiger charge is 2.46. The van der Waals surface area contributed by atoms with E-state index in [1.165, 1.54) is 29.7 Å². The molecule has 1 unspecified atom stereocenters. The Morgan fingerprint density at radius 2 is 1.48 bits per heavy atom. The summed E-state index contributed by atoms with van der Waals surface area (Å²) in [6.45, 7) is 6.62. The first-order chi connectivity index (χ1) is 13.9. The highest BCUT2D eigenvalue weighted by molar-refractivity contribution is 7.98. The van der Waals surface area contributed by atoms with Crippen molar-refractivity contribution in [2.45, 2.75) is 38.9 Å². The fourth-order valence-electron chi connectivity index (χ4n) is 4.16. The molecular weight excluding hydrogens is 376 g/mol. The molecule has 0 saturated carbocycles. The fourth-order valence-corrected chi connectivity index (χ4v) is 7.43. The highest BCUT2D eigenvalue weighted by atomic mass is 32.2. The van der Waals surface area contributed by atoms with Gasteiger partial charge >= 0.3 is 0 Å². The van der Waals surface area contributed by atoms with Crippen LogP contribution in [0.25, 0.3) is 10.8 Å². The second kappa shape index (κ2) is 8.23. The van der Waals surface area contributed by atoms with Crippen molar-refractivity contribution in [3.63, 3.8) is 0 Å². The van der Waals surface area contributed by atoms with Crippen molar-refractivity contribution >= 4 is 27.5 Å². The van der Waals surface area contributed by atoms with Crippen molar-refractivity contribution in [1.29, 1.82) is 0 Å². The number of Topliss-reactive ketones (excluding diaryl/α,β-unsaturated/α-hetero) is 1. The molecule has 3 aromatic carbocycles. The van der Waals surface area contributed by atoms with Crippen molar-refractivity contribution < 1.29 is 9.53 Å². The third kappa shape index (κ3) is 4.51. The molecule has 0 N–H and O–H groups in total. The number of carbonyl (C=O) groups excluding carboxylic acids is 1. The van der Waals surface area contributed by atoms with Crippen molar-refractivity contribution in [1.82, 2.24) is 0 Å². The quantitative estimate of drug-likeness (QED) is 0.351. The topological polar surface area (TPSA) is 26.3 Å². The largest absolute Gasteiger partial charge is 0.457 e. The average Bonchev–Trinajstić information content (AvgIpc) is 3.21. The lowest BCUT2D eigenvalue weighted by atomic mass is 9.87. The van der Waals surface area contributed by atoms with Crippen LogP contribution in [0.4, 0.5) is 0 Å². The zero-order valence-electron chi connectivity index (χ0n) is 17.5. The van der Waals surface area contributed by atoms with E-state index in [9.17, 15) is 4.79 Å². The van der Waals surface area contributed by atoms with E-state index in [4.69, 9.17) is 4.74 Å². The number of rotatable bonds is 5. The van der Waals surface area contributed by atoms with Gasteiger partial charge in [-0.25, -0.2) is 0 Å². The molecule has 1 aliphatic rings. The molecule has 1 saturated heterocycles. The summed E-state index contributed by atoms with van der Waals surface area (Å²) < 4.78 is 6.04. The molecule has 0 amide bonds. The Labute approximate surface area is 176 Å². The number of carbonyl (C=O) groups is 1. The van der Waals surface area contributed by atoms with Gasteiger partial charge < -0.3 is 4.74 Å². The molecule has 0 aliphatic carbocycles. The maximum Gasteiger partial charge on any atom is 0.215 e. The Balaban J connectivity index is 1.52. The van der Waals surface area contributed by atoms with E-state index in [0.29, 0.717) is 5.78 Å². The van der Waals surface area contributed by atoms with Crippen LogP contribution < -0.4 is 4.74 Å². The monoisotopic (exact) mass is 405 g/mol. The number of ketones is 1. The van der Waals surface area contributed by atoms with Gasteiger partial charge in [0.25, 0.3) is 0 Å². The third-order valence-electron chi connectivity index (χ3n) is 5.52.